The quantitative estimate of drug-likeness (QED) is 0.665. The van der Waals surface area contributed by atoms with Crippen molar-refractivity contribution in [3.63, 3.8) is 0 Å². The number of nitrogens with zero attached hydrogens (tertiary/aromatic N) is 2. The van der Waals surface area contributed by atoms with Crippen LogP contribution >= 0.6 is 15.9 Å². The number of aryl methyl sites for hydroxylation is 3. The SMILES string of the molecule is Cc1ccc(S(=O)(=O)N2CCN(S(=O)(=O)c3ccc(C)c(C)c3)CC2)c(Br)c1. The lowest BCUT2D eigenvalue weighted by molar-refractivity contribution is 0.272. The van der Waals surface area contributed by atoms with Crippen molar-refractivity contribution in [2.45, 2.75) is 30.6 Å². The molecule has 3 rings (SSSR count). The van der Waals surface area contributed by atoms with Gasteiger partial charge in [0, 0.05) is 30.7 Å². The van der Waals surface area contributed by atoms with E-state index >= 15 is 0 Å². The molecule has 0 aliphatic carbocycles. The van der Waals surface area contributed by atoms with Gasteiger partial charge in [-0.3, -0.25) is 0 Å². The summed E-state index contributed by atoms with van der Waals surface area (Å²) < 4.78 is 55.0. The number of piperazine rings is 1. The zero-order valence-corrected chi connectivity index (χ0v) is 19.2. The molecule has 1 saturated heterocycles. The lowest BCUT2D eigenvalue weighted by Gasteiger charge is -2.33. The number of benzene rings is 2. The second kappa shape index (κ2) is 7.87. The molecule has 0 aromatic heterocycles. The average Bonchev–Trinajstić information content (AvgIpc) is 2.63. The molecule has 1 aliphatic heterocycles. The van der Waals surface area contributed by atoms with E-state index in [1.807, 2.05) is 20.8 Å². The third kappa shape index (κ3) is 4.04. The minimum atomic E-state index is -3.69. The van der Waals surface area contributed by atoms with Crippen LogP contribution in [0.2, 0.25) is 0 Å². The predicted molar refractivity (Wildman–Crippen MR) is 112 cm³/mol. The molecule has 0 spiro atoms. The minimum absolute atomic E-state index is 0.118. The van der Waals surface area contributed by atoms with Crippen LogP contribution in [0.15, 0.2) is 50.7 Å². The Balaban J connectivity index is 1.79. The van der Waals surface area contributed by atoms with Crippen molar-refractivity contribution >= 4 is 36.0 Å². The van der Waals surface area contributed by atoms with E-state index in [0.717, 1.165) is 16.7 Å². The normalized spacial score (nSPS) is 17.0. The number of hydrogen-bond acceptors (Lipinski definition) is 4. The van der Waals surface area contributed by atoms with Crippen LogP contribution in [0.3, 0.4) is 0 Å². The van der Waals surface area contributed by atoms with Gasteiger partial charge in [-0.1, -0.05) is 12.1 Å². The molecule has 0 radical (unpaired) electrons. The Morgan fingerprint density at radius 1 is 0.750 bits per heavy atom. The van der Waals surface area contributed by atoms with E-state index in [1.54, 1.807) is 36.4 Å². The molecule has 0 bridgehead atoms. The zero-order valence-electron chi connectivity index (χ0n) is 16.0. The fourth-order valence-corrected chi connectivity index (χ4v) is 7.21. The van der Waals surface area contributed by atoms with E-state index in [4.69, 9.17) is 0 Å². The zero-order chi connectivity index (χ0) is 20.7. The van der Waals surface area contributed by atoms with Crippen LogP contribution < -0.4 is 0 Å². The summed E-state index contributed by atoms with van der Waals surface area (Å²) in [5.41, 5.74) is 2.89. The Bertz CT molecular complexity index is 1110. The second-order valence-corrected chi connectivity index (χ2v) is 11.7. The monoisotopic (exact) mass is 486 g/mol. The summed E-state index contributed by atoms with van der Waals surface area (Å²) in [6, 6.07) is 10.1. The fourth-order valence-electron chi connectivity index (χ4n) is 3.13. The molecular formula is C19H23BrN2O4S2. The van der Waals surface area contributed by atoms with E-state index in [2.05, 4.69) is 15.9 Å². The van der Waals surface area contributed by atoms with E-state index in [-0.39, 0.29) is 36.0 Å². The van der Waals surface area contributed by atoms with Gasteiger partial charge in [0.1, 0.15) is 0 Å². The summed E-state index contributed by atoms with van der Waals surface area (Å²) in [4.78, 5) is 0.441. The first-order valence-corrected chi connectivity index (χ1v) is 12.5. The highest BCUT2D eigenvalue weighted by Gasteiger charge is 2.34. The van der Waals surface area contributed by atoms with Gasteiger partial charge in [-0.2, -0.15) is 8.61 Å². The average molecular weight is 487 g/mol. The smallest absolute Gasteiger partial charge is 0.207 e. The van der Waals surface area contributed by atoms with E-state index in [0.29, 0.717) is 4.47 Å². The molecule has 0 atom stereocenters. The first-order chi connectivity index (χ1) is 13.0. The highest BCUT2D eigenvalue weighted by atomic mass is 79.9. The largest absolute Gasteiger partial charge is 0.244 e. The Labute approximate surface area is 175 Å². The van der Waals surface area contributed by atoms with Gasteiger partial charge in [-0.25, -0.2) is 16.8 Å². The number of rotatable bonds is 4. The maximum Gasteiger partial charge on any atom is 0.244 e. The lowest BCUT2D eigenvalue weighted by Crippen LogP contribution is -2.50. The molecular weight excluding hydrogens is 464 g/mol. The van der Waals surface area contributed by atoms with Crippen molar-refractivity contribution in [2.24, 2.45) is 0 Å². The summed E-state index contributed by atoms with van der Waals surface area (Å²) in [6.45, 7) is 6.17. The van der Waals surface area contributed by atoms with Crippen LogP contribution in [0, 0.1) is 20.8 Å². The summed E-state index contributed by atoms with van der Waals surface area (Å²) in [5, 5.41) is 0. The standard InChI is InChI=1S/C19H23BrN2O4S2/c1-14-4-7-19(18(20)12-14)28(25,26)22-10-8-21(9-11-22)27(23,24)17-6-5-15(2)16(3)13-17/h4-7,12-13H,8-11H2,1-3H3. The molecule has 0 saturated carbocycles. The van der Waals surface area contributed by atoms with Crippen LogP contribution in [0.1, 0.15) is 16.7 Å². The Morgan fingerprint density at radius 3 is 1.86 bits per heavy atom. The lowest BCUT2D eigenvalue weighted by atomic mass is 10.1. The predicted octanol–water partition coefficient (Wildman–Crippen LogP) is 3.07. The van der Waals surface area contributed by atoms with Crippen LogP contribution in [0.5, 0.6) is 0 Å². The van der Waals surface area contributed by atoms with Gasteiger partial charge in [0.25, 0.3) is 0 Å². The Hall–Kier alpha value is -1.26. The van der Waals surface area contributed by atoms with Crippen LogP contribution in [0.25, 0.3) is 0 Å². The summed E-state index contributed by atoms with van der Waals surface area (Å²) in [6.07, 6.45) is 0. The maximum atomic E-state index is 13.0. The van der Waals surface area contributed by atoms with Crippen molar-refractivity contribution in [1.82, 2.24) is 8.61 Å². The Morgan fingerprint density at radius 2 is 1.32 bits per heavy atom. The maximum absolute atomic E-state index is 13.0. The van der Waals surface area contributed by atoms with E-state index in [1.165, 1.54) is 8.61 Å². The topological polar surface area (TPSA) is 74.8 Å². The second-order valence-electron chi connectivity index (χ2n) is 6.99. The third-order valence-corrected chi connectivity index (χ3v) is 9.79. The molecule has 1 aliphatic rings. The van der Waals surface area contributed by atoms with Gasteiger partial charge >= 0.3 is 0 Å². The first-order valence-electron chi connectivity index (χ1n) is 8.87. The molecule has 28 heavy (non-hydrogen) atoms. The number of sulfonamides is 2. The van der Waals surface area contributed by atoms with Crippen molar-refractivity contribution in [1.29, 1.82) is 0 Å². The first kappa shape index (κ1) is 21.4. The summed E-state index contributed by atoms with van der Waals surface area (Å²) >= 11 is 3.32. The van der Waals surface area contributed by atoms with Gasteiger partial charge in [-0.05, 0) is 77.7 Å². The molecule has 1 fully saturated rings. The molecule has 152 valence electrons. The van der Waals surface area contributed by atoms with Crippen LogP contribution in [-0.2, 0) is 20.0 Å². The molecule has 6 nitrogen and oxygen atoms in total. The molecule has 2 aromatic carbocycles. The van der Waals surface area contributed by atoms with Crippen molar-refractivity contribution in [2.75, 3.05) is 26.2 Å². The summed E-state index contributed by atoms with van der Waals surface area (Å²) in [7, 11) is -7.34. The third-order valence-electron chi connectivity index (χ3n) is 5.02. The van der Waals surface area contributed by atoms with Gasteiger partial charge in [-0.15, -0.1) is 0 Å². The van der Waals surface area contributed by atoms with Crippen LogP contribution in [-0.4, -0.2) is 51.6 Å². The molecule has 0 unspecified atom stereocenters. The van der Waals surface area contributed by atoms with Crippen molar-refractivity contribution in [3.8, 4) is 0 Å². The van der Waals surface area contributed by atoms with Crippen molar-refractivity contribution in [3.05, 3.63) is 57.6 Å². The highest BCUT2D eigenvalue weighted by molar-refractivity contribution is 9.10. The van der Waals surface area contributed by atoms with Gasteiger partial charge < -0.3 is 0 Å². The summed E-state index contributed by atoms with van der Waals surface area (Å²) in [5.74, 6) is 0. The van der Waals surface area contributed by atoms with Gasteiger partial charge in [0.15, 0.2) is 0 Å². The van der Waals surface area contributed by atoms with Gasteiger partial charge in [0.05, 0.1) is 9.79 Å². The number of hydrogen-bond donors (Lipinski definition) is 0. The van der Waals surface area contributed by atoms with E-state index < -0.39 is 20.0 Å². The van der Waals surface area contributed by atoms with Crippen molar-refractivity contribution < 1.29 is 16.8 Å². The van der Waals surface area contributed by atoms with Gasteiger partial charge in [0.2, 0.25) is 20.0 Å². The molecule has 2 aromatic rings. The van der Waals surface area contributed by atoms with Crippen LogP contribution in [0.4, 0.5) is 0 Å². The highest BCUT2D eigenvalue weighted by Crippen LogP contribution is 2.28. The number of halogens is 1. The molecule has 0 N–H and O–H groups in total. The fraction of sp³-hybridized carbons (Fsp3) is 0.368. The Kier molecular flexibility index (Phi) is 6.03. The van der Waals surface area contributed by atoms with E-state index in [9.17, 15) is 16.8 Å². The molecule has 0 amide bonds. The molecule has 9 heteroatoms. The molecule has 1 heterocycles. The minimum Gasteiger partial charge on any atom is -0.207 e.